The first-order valence-electron chi connectivity index (χ1n) is 7.45. The lowest BCUT2D eigenvalue weighted by molar-refractivity contribution is 0.0957. The van der Waals surface area contributed by atoms with Gasteiger partial charge < -0.3 is 21.4 Å². The molecule has 0 aliphatic carbocycles. The van der Waals surface area contributed by atoms with E-state index in [-0.39, 0.29) is 12.5 Å². The van der Waals surface area contributed by atoms with Gasteiger partial charge in [0.05, 0.1) is 12.2 Å². The second-order valence-electron chi connectivity index (χ2n) is 5.27. The zero-order chi connectivity index (χ0) is 16.9. The van der Waals surface area contributed by atoms with Crippen molar-refractivity contribution in [3.63, 3.8) is 0 Å². The summed E-state index contributed by atoms with van der Waals surface area (Å²) in [5.41, 5.74) is 9.45. The van der Waals surface area contributed by atoms with Crippen molar-refractivity contribution in [3.05, 3.63) is 66.1 Å². The van der Waals surface area contributed by atoms with Crippen LogP contribution in [0.3, 0.4) is 0 Å². The number of H-pyrrole nitrogens is 1. The van der Waals surface area contributed by atoms with Gasteiger partial charge in [0.1, 0.15) is 0 Å². The first-order valence-corrected chi connectivity index (χ1v) is 7.45. The molecule has 120 valence electrons. The predicted octanol–water partition coefficient (Wildman–Crippen LogP) is 2.45. The number of aromatic amines is 1. The van der Waals surface area contributed by atoms with Crippen LogP contribution >= 0.6 is 0 Å². The Morgan fingerprint density at radius 3 is 2.79 bits per heavy atom. The van der Waals surface area contributed by atoms with Crippen LogP contribution in [0.4, 0.5) is 0 Å². The number of hydrogen-bond acceptors (Lipinski definition) is 4. The van der Waals surface area contributed by atoms with Gasteiger partial charge >= 0.3 is 0 Å². The van der Waals surface area contributed by atoms with Gasteiger partial charge in [-0.1, -0.05) is 12.1 Å². The zero-order valence-corrected chi connectivity index (χ0v) is 12.9. The number of rotatable bonds is 5. The van der Waals surface area contributed by atoms with Gasteiger partial charge in [-0.15, -0.1) is 0 Å². The van der Waals surface area contributed by atoms with E-state index in [9.17, 15) is 4.79 Å². The minimum Gasteiger partial charge on any atom is -0.401 e. The molecule has 24 heavy (non-hydrogen) atoms. The molecule has 3 aromatic rings. The summed E-state index contributed by atoms with van der Waals surface area (Å²) in [6, 6.07) is 11.2. The molecule has 0 radical (unpaired) electrons. The molecule has 2 heterocycles. The summed E-state index contributed by atoms with van der Waals surface area (Å²) in [6.45, 7) is 0.209. The van der Waals surface area contributed by atoms with E-state index in [0.29, 0.717) is 11.3 Å². The molecule has 0 spiro atoms. The Bertz CT molecular complexity index is 909. The van der Waals surface area contributed by atoms with E-state index in [4.69, 9.17) is 11.1 Å². The Balaban J connectivity index is 1.78. The van der Waals surface area contributed by atoms with Crippen molar-refractivity contribution >= 4 is 23.0 Å². The van der Waals surface area contributed by atoms with Crippen LogP contribution in [-0.4, -0.2) is 28.6 Å². The number of benzene rings is 1. The maximum absolute atomic E-state index is 12.1. The molecule has 0 aliphatic rings. The topological polar surface area (TPSA) is 108 Å². The summed E-state index contributed by atoms with van der Waals surface area (Å²) in [4.78, 5) is 19.7. The molecule has 0 fully saturated rings. The van der Waals surface area contributed by atoms with Crippen LogP contribution in [0.2, 0.25) is 0 Å². The largest absolute Gasteiger partial charge is 0.401 e. The molecule has 0 aliphatic heterocycles. The lowest BCUT2D eigenvalue weighted by Gasteiger charge is -2.07. The van der Waals surface area contributed by atoms with Crippen molar-refractivity contribution < 1.29 is 4.79 Å². The Hall–Kier alpha value is -3.41. The van der Waals surface area contributed by atoms with Gasteiger partial charge in [0, 0.05) is 46.3 Å². The second-order valence-corrected chi connectivity index (χ2v) is 5.27. The summed E-state index contributed by atoms with van der Waals surface area (Å²) in [7, 11) is 0. The normalized spacial score (nSPS) is 11.4. The zero-order valence-electron chi connectivity index (χ0n) is 12.9. The van der Waals surface area contributed by atoms with Gasteiger partial charge in [0.25, 0.3) is 5.91 Å². The standard InChI is InChI=1S/C18H17N5O/c19-8-5-14(20)11-23-18(24)13-3-1-12(2-4-13)17-15-6-9-21-16(15)7-10-22-17/h1-10,19,21H,11,20H2,(H,23,24). The molecular weight excluding hydrogens is 302 g/mol. The fraction of sp³-hybridized carbons (Fsp3) is 0.0556. The Kier molecular flexibility index (Phi) is 4.38. The van der Waals surface area contributed by atoms with Crippen LogP contribution in [0, 0.1) is 5.41 Å². The molecule has 1 aromatic carbocycles. The fourth-order valence-electron chi connectivity index (χ4n) is 2.44. The van der Waals surface area contributed by atoms with E-state index in [0.717, 1.165) is 28.4 Å². The molecule has 5 N–H and O–H groups in total. The second kappa shape index (κ2) is 6.78. The van der Waals surface area contributed by atoms with E-state index in [1.165, 1.54) is 6.08 Å². The number of carbonyl (C=O) groups excluding carboxylic acids is 1. The molecule has 0 unspecified atom stereocenters. The average Bonchev–Trinajstić information content (AvgIpc) is 3.09. The van der Waals surface area contributed by atoms with Gasteiger partial charge in [0.2, 0.25) is 0 Å². The monoisotopic (exact) mass is 319 g/mol. The summed E-state index contributed by atoms with van der Waals surface area (Å²) in [5, 5.41) is 10.7. The first kappa shape index (κ1) is 15.5. The number of nitrogens with zero attached hydrogens (tertiary/aromatic N) is 1. The summed E-state index contributed by atoms with van der Waals surface area (Å²) >= 11 is 0. The van der Waals surface area contributed by atoms with Crippen LogP contribution < -0.4 is 11.1 Å². The van der Waals surface area contributed by atoms with Crippen molar-refractivity contribution in [2.24, 2.45) is 5.73 Å². The Labute approximate surface area is 138 Å². The third kappa shape index (κ3) is 3.17. The SMILES string of the molecule is N=CC=C(N)CNC(=O)c1ccc(-c2nccc3[nH]ccc23)cc1. The maximum atomic E-state index is 12.1. The molecule has 0 atom stereocenters. The molecule has 0 bridgehead atoms. The molecule has 0 saturated heterocycles. The number of nitrogens with one attached hydrogen (secondary N) is 3. The molecule has 1 amide bonds. The van der Waals surface area contributed by atoms with Crippen LogP contribution in [0.5, 0.6) is 0 Å². The average molecular weight is 319 g/mol. The number of pyridine rings is 1. The molecule has 6 heteroatoms. The minimum atomic E-state index is -0.212. The van der Waals surface area contributed by atoms with E-state index >= 15 is 0 Å². The van der Waals surface area contributed by atoms with Gasteiger partial charge in [-0.25, -0.2) is 0 Å². The van der Waals surface area contributed by atoms with Crippen LogP contribution in [0.15, 0.2) is 60.6 Å². The lowest BCUT2D eigenvalue weighted by Crippen LogP contribution is -2.27. The highest BCUT2D eigenvalue weighted by atomic mass is 16.1. The van der Waals surface area contributed by atoms with Crippen molar-refractivity contribution in [2.45, 2.75) is 0 Å². The van der Waals surface area contributed by atoms with Gasteiger partial charge in [-0.3, -0.25) is 9.78 Å². The number of amides is 1. The molecule has 0 saturated carbocycles. The fourth-order valence-corrected chi connectivity index (χ4v) is 2.44. The third-order valence-corrected chi connectivity index (χ3v) is 3.65. The van der Waals surface area contributed by atoms with E-state index in [2.05, 4.69) is 15.3 Å². The molecule has 3 rings (SSSR count). The van der Waals surface area contributed by atoms with Crippen LogP contribution in [0.1, 0.15) is 10.4 Å². The highest BCUT2D eigenvalue weighted by Crippen LogP contribution is 2.25. The molecule has 6 nitrogen and oxygen atoms in total. The van der Waals surface area contributed by atoms with Gasteiger partial charge in [0.15, 0.2) is 0 Å². The van der Waals surface area contributed by atoms with Crippen molar-refractivity contribution in [1.82, 2.24) is 15.3 Å². The predicted molar refractivity (Wildman–Crippen MR) is 94.9 cm³/mol. The minimum absolute atomic E-state index is 0.209. The number of aromatic nitrogens is 2. The smallest absolute Gasteiger partial charge is 0.251 e. The number of allylic oxidation sites excluding steroid dienone is 1. The van der Waals surface area contributed by atoms with Gasteiger partial charge in [-0.05, 0) is 30.3 Å². The quantitative estimate of drug-likeness (QED) is 0.542. The third-order valence-electron chi connectivity index (χ3n) is 3.65. The van der Waals surface area contributed by atoms with E-state index in [1.54, 1.807) is 18.3 Å². The Morgan fingerprint density at radius 2 is 2.04 bits per heavy atom. The summed E-state index contributed by atoms with van der Waals surface area (Å²) < 4.78 is 0. The van der Waals surface area contributed by atoms with Gasteiger partial charge in [-0.2, -0.15) is 0 Å². The molecular formula is C18H17N5O. The highest BCUT2D eigenvalue weighted by Gasteiger charge is 2.09. The van der Waals surface area contributed by atoms with Crippen molar-refractivity contribution in [2.75, 3.05) is 6.54 Å². The van der Waals surface area contributed by atoms with Crippen molar-refractivity contribution in [3.8, 4) is 11.3 Å². The number of nitrogens with two attached hydrogens (primary N) is 1. The highest BCUT2D eigenvalue weighted by molar-refractivity contribution is 5.96. The van der Waals surface area contributed by atoms with Crippen LogP contribution in [-0.2, 0) is 0 Å². The number of hydrogen-bond donors (Lipinski definition) is 4. The summed E-state index contributed by atoms with van der Waals surface area (Å²) in [6.07, 6.45) is 6.16. The summed E-state index contributed by atoms with van der Waals surface area (Å²) in [5.74, 6) is -0.212. The van der Waals surface area contributed by atoms with E-state index < -0.39 is 0 Å². The Morgan fingerprint density at radius 1 is 1.25 bits per heavy atom. The molecule has 2 aromatic heterocycles. The first-order chi connectivity index (χ1) is 11.7. The number of fused-ring (bicyclic) bond motifs is 1. The maximum Gasteiger partial charge on any atom is 0.251 e. The van der Waals surface area contributed by atoms with E-state index in [1.807, 2.05) is 30.5 Å². The number of carbonyl (C=O) groups is 1. The van der Waals surface area contributed by atoms with Crippen LogP contribution in [0.25, 0.3) is 22.2 Å². The van der Waals surface area contributed by atoms with Crippen molar-refractivity contribution in [1.29, 1.82) is 5.41 Å². The lowest BCUT2D eigenvalue weighted by atomic mass is 10.1.